The van der Waals surface area contributed by atoms with Gasteiger partial charge in [-0.3, -0.25) is 4.79 Å². The Labute approximate surface area is 186 Å². The highest BCUT2D eigenvalue weighted by Crippen LogP contribution is 2.32. The Bertz CT molecular complexity index is 999. The second-order valence-corrected chi connectivity index (χ2v) is 8.44. The first-order valence-electron chi connectivity index (χ1n) is 9.44. The maximum atomic E-state index is 15.0. The zero-order valence-corrected chi connectivity index (χ0v) is 18.4. The van der Waals surface area contributed by atoms with Crippen LogP contribution in [0.4, 0.5) is 20.2 Å². The van der Waals surface area contributed by atoms with Gasteiger partial charge >= 0.3 is 5.97 Å². The fourth-order valence-corrected chi connectivity index (χ4v) is 4.23. The molecule has 0 aliphatic carbocycles. The molecule has 1 unspecified atom stereocenters. The summed E-state index contributed by atoms with van der Waals surface area (Å²) in [6, 6.07) is 5.54. The van der Waals surface area contributed by atoms with Crippen molar-refractivity contribution in [3.05, 3.63) is 56.2 Å². The van der Waals surface area contributed by atoms with Crippen LogP contribution in [0.15, 0.2) is 24.3 Å². The summed E-state index contributed by atoms with van der Waals surface area (Å²) in [6.07, 6.45) is 2.03. The van der Waals surface area contributed by atoms with E-state index in [4.69, 9.17) is 0 Å². The van der Waals surface area contributed by atoms with Gasteiger partial charge in [0, 0.05) is 15.8 Å². The molecule has 1 saturated heterocycles. The summed E-state index contributed by atoms with van der Waals surface area (Å²) in [7, 11) is 0. The molecule has 9 heteroatoms. The van der Waals surface area contributed by atoms with Crippen molar-refractivity contribution < 1.29 is 28.6 Å². The van der Waals surface area contributed by atoms with Crippen molar-refractivity contribution in [1.29, 1.82) is 0 Å². The van der Waals surface area contributed by atoms with Gasteiger partial charge in [0.2, 0.25) is 0 Å². The van der Waals surface area contributed by atoms with Crippen LogP contribution >= 0.6 is 22.6 Å². The van der Waals surface area contributed by atoms with Crippen LogP contribution in [-0.4, -0.2) is 46.2 Å². The predicted molar refractivity (Wildman–Crippen MR) is 116 cm³/mol. The van der Waals surface area contributed by atoms with E-state index in [1.165, 1.54) is 4.90 Å². The van der Waals surface area contributed by atoms with E-state index in [0.29, 0.717) is 18.5 Å². The quantitative estimate of drug-likeness (QED) is 0.502. The standard InChI is InChI=1S/C21H21F2IN2O4/c1-11-8-12(24)5-6-16(11)25-19-15(21(29)30)9-14(17(22)18(19)23)20(28)26-7-3-2-4-13(26)10-27/h5-6,8-9,13,25,27H,2-4,7,10H2,1H3,(H,29,30). The number of aliphatic hydroxyl groups excluding tert-OH is 1. The highest BCUT2D eigenvalue weighted by Gasteiger charge is 2.32. The van der Waals surface area contributed by atoms with E-state index < -0.39 is 46.4 Å². The molecule has 0 saturated carbocycles. The molecule has 3 rings (SSSR count). The number of amides is 1. The van der Waals surface area contributed by atoms with E-state index in [-0.39, 0.29) is 13.2 Å². The summed E-state index contributed by atoms with van der Waals surface area (Å²) in [4.78, 5) is 25.9. The maximum Gasteiger partial charge on any atom is 0.337 e. The van der Waals surface area contributed by atoms with Crippen LogP contribution in [0.2, 0.25) is 0 Å². The van der Waals surface area contributed by atoms with Gasteiger partial charge in [-0.05, 0) is 78.6 Å². The van der Waals surface area contributed by atoms with Crippen LogP contribution in [0.1, 0.15) is 45.5 Å². The minimum Gasteiger partial charge on any atom is -0.478 e. The molecular formula is C21H21F2IN2O4. The molecule has 1 aliphatic heterocycles. The third-order valence-electron chi connectivity index (χ3n) is 5.21. The number of hydrogen-bond acceptors (Lipinski definition) is 4. The Kier molecular flexibility index (Phi) is 6.91. The average Bonchev–Trinajstić information content (AvgIpc) is 2.72. The molecule has 0 aromatic heterocycles. The minimum atomic E-state index is -1.49. The number of piperidine rings is 1. The number of carboxylic acids is 1. The number of nitrogens with one attached hydrogen (secondary N) is 1. The molecule has 3 N–H and O–H groups in total. The van der Waals surface area contributed by atoms with E-state index >= 15 is 0 Å². The van der Waals surface area contributed by atoms with Gasteiger partial charge < -0.3 is 20.4 Å². The molecule has 2 aromatic rings. The summed E-state index contributed by atoms with van der Waals surface area (Å²) in [5.41, 5.74) is -0.606. The number of likely N-dealkylation sites (tertiary alicyclic amines) is 1. The number of carbonyl (C=O) groups is 2. The number of aliphatic hydroxyl groups is 1. The smallest absolute Gasteiger partial charge is 0.337 e. The molecule has 160 valence electrons. The normalized spacial score (nSPS) is 16.4. The number of nitrogens with zero attached hydrogens (tertiary/aromatic N) is 1. The molecule has 1 atom stereocenters. The number of hydrogen-bond donors (Lipinski definition) is 3. The highest BCUT2D eigenvalue weighted by atomic mass is 127. The van der Waals surface area contributed by atoms with E-state index in [0.717, 1.165) is 21.6 Å². The summed E-state index contributed by atoms with van der Waals surface area (Å²) in [5, 5.41) is 21.8. The molecule has 2 aromatic carbocycles. The van der Waals surface area contributed by atoms with Crippen molar-refractivity contribution in [2.75, 3.05) is 18.5 Å². The van der Waals surface area contributed by atoms with Gasteiger partial charge in [0.25, 0.3) is 5.91 Å². The van der Waals surface area contributed by atoms with Gasteiger partial charge in [0.15, 0.2) is 11.6 Å². The Balaban J connectivity index is 2.05. The Morgan fingerprint density at radius 1 is 1.20 bits per heavy atom. The number of benzene rings is 2. The van der Waals surface area contributed by atoms with E-state index in [1.807, 2.05) is 0 Å². The number of carboxylic acid groups (broad SMARTS) is 1. The SMILES string of the molecule is Cc1cc(I)ccc1Nc1c(C(=O)O)cc(C(=O)N2CCCCC2CO)c(F)c1F. The molecule has 1 fully saturated rings. The zero-order chi connectivity index (χ0) is 22.0. The zero-order valence-electron chi connectivity index (χ0n) is 16.2. The van der Waals surface area contributed by atoms with Crippen LogP contribution in [0.5, 0.6) is 0 Å². The third kappa shape index (κ3) is 4.41. The van der Waals surface area contributed by atoms with Gasteiger partial charge in [-0.15, -0.1) is 0 Å². The highest BCUT2D eigenvalue weighted by molar-refractivity contribution is 14.1. The molecule has 6 nitrogen and oxygen atoms in total. The van der Waals surface area contributed by atoms with Crippen molar-refractivity contribution >= 4 is 45.8 Å². The molecule has 0 bridgehead atoms. The summed E-state index contributed by atoms with van der Waals surface area (Å²) < 4.78 is 30.8. The van der Waals surface area contributed by atoms with Crippen molar-refractivity contribution in [2.24, 2.45) is 0 Å². The fourth-order valence-electron chi connectivity index (χ4n) is 3.59. The van der Waals surface area contributed by atoms with Gasteiger partial charge in [0.05, 0.1) is 29.5 Å². The number of halogens is 3. The lowest BCUT2D eigenvalue weighted by Crippen LogP contribution is -2.46. The first kappa shape index (κ1) is 22.4. The summed E-state index contributed by atoms with van der Waals surface area (Å²) >= 11 is 2.10. The van der Waals surface area contributed by atoms with Crippen molar-refractivity contribution in [2.45, 2.75) is 32.2 Å². The van der Waals surface area contributed by atoms with Crippen LogP contribution in [-0.2, 0) is 0 Å². The Morgan fingerprint density at radius 2 is 1.93 bits per heavy atom. The Morgan fingerprint density at radius 3 is 2.57 bits per heavy atom. The van der Waals surface area contributed by atoms with Crippen molar-refractivity contribution in [1.82, 2.24) is 4.90 Å². The van der Waals surface area contributed by atoms with Crippen LogP contribution in [0.25, 0.3) is 0 Å². The van der Waals surface area contributed by atoms with Crippen LogP contribution < -0.4 is 5.32 Å². The lowest BCUT2D eigenvalue weighted by Gasteiger charge is -2.34. The minimum absolute atomic E-state index is 0.287. The van der Waals surface area contributed by atoms with Crippen molar-refractivity contribution in [3.8, 4) is 0 Å². The topological polar surface area (TPSA) is 89.9 Å². The molecule has 1 amide bonds. The number of aromatic carboxylic acids is 1. The third-order valence-corrected chi connectivity index (χ3v) is 5.89. The number of rotatable bonds is 5. The van der Waals surface area contributed by atoms with Gasteiger partial charge in [-0.2, -0.15) is 0 Å². The lowest BCUT2D eigenvalue weighted by atomic mass is 9.99. The molecule has 1 heterocycles. The van der Waals surface area contributed by atoms with Crippen LogP contribution in [0.3, 0.4) is 0 Å². The average molecular weight is 530 g/mol. The second kappa shape index (κ2) is 9.25. The van der Waals surface area contributed by atoms with Gasteiger partial charge in [0.1, 0.15) is 0 Å². The summed E-state index contributed by atoms with van der Waals surface area (Å²) in [6.45, 7) is 1.74. The van der Waals surface area contributed by atoms with Crippen LogP contribution in [0, 0.1) is 22.1 Å². The lowest BCUT2D eigenvalue weighted by molar-refractivity contribution is 0.0497. The molecular weight excluding hydrogens is 509 g/mol. The summed E-state index contributed by atoms with van der Waals surface area (Å²) in [5.74, 6) is -5.18. The number of aryl methyl sites for hydroxylation is 1. The molecule has 0 radical (unpaired) electrons. The van der Waals surface area contributed by atoms with Gasteiger partial charge in [-0.1, -0.05) is 0 Å². The fraction of sp³-hybridized carbons (Fsp3) is 0.333. The molecule has 1 aliphatic rings. The number of anilines is 2. The maximum absolute atomic E-state index is 15.0. The van der Waals surface area contributed by atoms with E-state index in [9.17, 15) is 28.6 Å². The second-order valence-electron chi connectivity index (χ2n) is 7.19. The van der Waals surface area contributed by atoms with E-state index in [1.54, 1.807) is 25.1 Å². The largest absolute Gasteiger partial charge is 0.478 e. The first-order valence-corrected chi connectivity index (χ1v) is 10.5. The number of carbonyl (C=O) groups excluding carboxylic acids is 1. The predicted octanol–water partition coefficient (Wildman–Crippen LogP) is 4.31. The molecule has 0 spiro atoms. The molecule has 30 heavy (non-hydrogen) atoms. The monoisotopic (exact) mass is 530 g/mol. The Hall–Kier alpha value is -2.27. The first-order chi connectivity index (χ1) is 14.2. The van der Waals surface area contributed by atoms with Crippen molar-refractivity contribution in [3.63, 3.8) is 0 Å². The van der Waals surface area contributed by atoms with E-state index in [2.05, 4.69) is 27.9 Å². The van der Waals surface area contributed by atoms with Gasteiger partial charge in [-0.25, -0.2) is 13.6 Å².